The van der Waals surface area contributed by atoms with Gasteiger partial charge in [0.25, 0.3) is 0 Å². The highest BCUT2D eigenvalue weighted by Crippen LogP contribution is 2.21. The number of carbonyl (C=O) groups is 2. The highest BCUT2D eigenvalue weighted by atomic mass is 35.5. The predicted octanol–water partition coefficient (Wildman–Crippen LogP) is 1.28. The van der Waals surface area contributed by atoms with Crippen LogP contribution in [0.1, 0.15) is 10.4 Å². The van der Waals surface area contributed by atoms with Gasteiger partial charge in [0.05, 0.1) is 24.2 Å². The normalized spacial score (nSPS) is 9.82. The minimum Gasteiger partial charge on any atom is -0.465 e. The van der Waals surface area contributed by atoms with Gasteiger partial charge < -0.3 is 15.4 Å². The number of halogens is 1. The Bertz CT molecular complexity index is 435. The average molecular weight is 257 g/mol. The van der Waals surface area contributed by atoms with Crippen molar-refractivity contribution in [2.24, 2.45) is 0 Å². The van der Waals surface area contributed by atoms with Gasteiger partial charge in [0.15, 0.2) is 0 Å². The van der Waals surface area contributed by atoms with Crippen LogP contribution in [0.4, 0.5) is 5.69 Å². The highest BCUT2D eigenvalue weighted by Gasteiger charge is 2.12. The van der Waals surface area contributed by atoms with Crippen LogP contribution in [0.15, 0.2) is 18.2 Å². The summed E-state index contributed by atoms with van der Waals surface area (Å²) < 4.78 is 4.58. The molecule has 1 amide bonds. The fraction of sp³-hybridized carbons (Fsp3) is 0.273. The Kier molecular flexibility index (Phi) is 4.93. The zero-order valence-corrected chi connectivity index (χ0v) is 10.3. The molecule has 1 rings (SSSR count). The van der Waals surface area contributed by atoms with Crippen molar-refractivity contribution in [2.45, 2.75) is 0 Å². The first kappa shape index (κ1) is 13.5. The number of carbonyl (C=O) groups excluding carboxylic acids is 2. The number of anilines is 1. The molecule has 0 atom stereocenters. The summed E-state index contributed by atoms with van der Waals surface area (Å²) in [6, 6.07) is 4.62. The number of hydrogen-bond donors (Lipinski definition) is 2. The summed E-state index contributed by atoms with van der Waals surface area (Å²) in [5.74, 6) is -0.745. The quantitative estimate of drug-likeness (QED) is 0.797. The molecule has 92 valence electrons. The van der Waals surface area contributed by atoms with Gasteiger partial charge in [0.2, 0.25) is 5.91 Å². The number of methoxy groups -OCH3 is 1. The van der Waals surface area contributed by atoms with Crippen LogP contribution in [0.3, 0.4) is 0 Å². The van der Waals surface area contributed by atoms with E-state index >= 15 is 0 Å². The summed E-state index contributed by atoms with van der Waals surface area (Å²) in [5.41, 5.74) is 0.714. The van der Waals surface area contributed by atoms with Gasteiger partial charge in [-0.25, -0.2) is 4.79 Å². The SMILES string of the molecule is CNCC(=O)Nc1ccc(Cl)c(C(=O)OC)c1. The van der Waals surface area contributed by atoms with Crippen molar-refractivity contribution in [1.29, 1.82) is 0 Å². The minimum atomic E-state index is -0.542. The fourth-order valence-corrected chi connectivity index (χ4v) is 1.43. The molecule has 2 N–H and O–H groups in total. The summed E-state index contributed by atoms with van der Waals surface area (Å²) in [7, 11) is 2.94. The molecule has 0 aliphatic carbocycles. The summed E-state index contributed by atoms with van der Waals surface area (Å²) in [6.07, 6.45) is 0. The van der Waals surface area contributed by atoms with Gasteiger partial charge in [0.1, 0.15) is 0 Å². The van der Waals surface area contributed by atoms with Crippen molar-refractivity contribution >= 4 is 29.2 Å². The Hall–Kier alpha value is -1.59. The van der Waals surface area contributed by atoms with Gasteiger partial charge in [0, 0.05) is 5.69 Å². The third-order valence-electron chi connectivity index (χ3n) is 1.99. The van der Waals surface area contributed by atoms with E-state index in [4.69, 9.17) is 11.6 Å². The molecule has 0 fully saturated rings. The Labute approximate surface area is 104 Å². The Morgan fingerprint density at radius 1 is 1.41 bits per heavy atom. The summed E-state index contributed by atoms with van der Waals surface area (Å²) in [6.45, 7) is 0.191. The van der Waals surface area contributed by atoms with Gasteiger partial charge in [-0.05, 0) is 25.2 Å². The lowest BCUT2D eigenvalue weighted by Crippen LogP contribution is -2.25. The Balaban J connectivity index is 2.89. The number of ether oxygens (including phenoxy) is 1. The van der Waals surface area contributed by atoms with E-state index in [2.05, 4.69) is 15.4 Å². The van der Waals surface area contributed by atoms with Crippen LogP contribution in [-0.4, -0.2) is 32.6 Å². The zero-order valence-electron chi connectivity index (χ0n) is 9.54. The molecule has 0 spiro atoms. The highest BCUT2D eigenvalue weighted by molar-refractivity contribution is 6.33. The molecule has 1 aromatic carbocycles. The molecule has 0 radical (unpaired) electrons. The second kappa shape index (κ2) is 6.22. The second-order valence-electron chi connectivity index (χ2n) is 3.26. The van der Waals surface area contributed by atoms with Crippen LogP contribution in [0.25, 0.3) is 0 Å². The average Bonchev–Trinajstić information content (AvgIpc) is 2.31. The fourth-order valence-electron chi connectivity index (χ4n) is 1.24. The molecule has 0 saturated heterocycles. The molecule has 0 saturated carbocycles. The van der Waals surface area contributed by atoms with Gasteiger partial charge in [-0.2, -0.15) is 0 Å². The first-order valence-electron chi connectivity index (χ1n) is 4.90. The zero-order chi connectivity index (χ0) is 12.8. The predicted molar refractivity (Wildman–Crippen MR) is 65.3 cm³/mol. The number of hydrogen-bond acceptors (Lipinski definition) is 4. The maximum absolute atomic E-state index is 11.4. The number of esters is 1. The van der Waals surface area contributed by atoms with Crippen LogP contribution < -0.4 is 10.6 Å². The molecule has 0 unspecified atom stereocenters. The summed E-state index contributed by atoms with van der Waals surface area (Å²) >= 11 is 5.84. The maximum atomic E-state index is 11.4. The first-order chi connectivity index (χ1) is 8.08. The van der Waals surface area contributed by atoms with Crippen molar-refractivity contribution in [2.75, 3.05) is 26.0 Å². The first-order valence-corrected chi connectivity index (χ1v) is 5.28. The Morgan fingerprint density at radius 3 is 2.71 bits per heavy atom. The molecule has 0 aromatic heterocycles. The van der Waals surface area contributed by atoms with E-state index in [-0.39, 0.29) is 23.0 Å². The van der Waals surface area contributed by atoms with Crippen molar-refractivity contribution in [3.63, 3.8) is 0 Å². The van der Waals surface area contributed by atoms with E-state index in [0.29, 0.717) is 5.69 Å². The largest absolute Gasteiger partial charge is 0.465 e. The molecule has 0 aliphatic heterocycles. The van der Waals surface area contributed by atoms with Crippen molar-refractivity contribution in [3.05, 3.63) is 28.8 Å². The van der Waals surface area contributed by atoms with E-state index in [0.717, 1.165) is 0 Å². The van der Waals surface area contributed by atoms with Crippen molar-refractivity contribution in [1.82, 2.24) is 5.32 Å². The molecule has 5 nitrogen and oxygen atoms in total. The van der Waals surface area contributed by atoms with Crippen LogP contribution in [0.2, 0.25) is 5.02 Å². The lowest BCUT2D eigenvalue weighted by molar-refractivity contribution is -0.115. The standard InChI is InChI=1S/C11H13ClN2O3/c1-13-6-10(15)14-7-3-4-9(12)8(5-7)11(16)17-2/h3-5,13H,6H2,1-2H3,(H,14,15). The molecule has 0 heterocycles. The van der Waals surface area contributed by atoms with Gasteiger partial charge in [-0.15, -0.1) is 0 Å². The molecule has 0 aliphatic rings. The number of benzene rings is 1. The number of amides is 1. The molecule has 0 bridgehead atoms. The maximum Gasteiger partial charge on any atom is 0.339 e. The van der Waals surface area contributed by atoms with E-state index < -0.39 is 5.97 Å². The Morgan fingerprint density at radius 2 is 2.12 bits per heavy atom. The van der Waals surface area contributed by atoms with E-state index in [1.807, 2.05) is 0 Å². The molecular formula is C11H13ClN2O3. The minimum absolute atomic E-state index is 0.191. The van der Waals surface area contributed by atoms with Gasteiger partial charge in [-0.1, -0.05) is 11.6 Å². The number of rotatable bonds is 4. The molecular weight excluding hydrogens is 244 g/mol. The second-order valence-corrected chi connectivity index (χ2v) is 3.67. The van der Waals surface area contributed by atoms with Crippen molar-refractivity contribution in [3.8, 4) is 0 Å². The van der Waals surface area contributed by atoms with E-state index in [1.165, 1.54) is 19.2 Å². The number of likely N-dealkylation sites (N-methyl/N-ethyl adjacent to an activating group) is 1. The van der Waals surface area contributed by atoms with Crippen LogP contribution >= 0.6 is 11.6 Å². The summed E-state index contributed by atoms with van der Waals surface area (Å²) in [4.78, 5) is 22.7. The van der Waals surface area contributed by atoms with E-state index in [9.17, 15) is 9.59 Å². The third-order valence-corrected chi connectivity index (χ3v) is 2.32. The van der Waals surface area contributed by atoms with Gasteiger partial charge in [-0.3, -0.25) is 4.79 Å². The number of nitrogens with one attached hydrogen (secondary N) is 2. The molecule has 17 heavy (non-hydrogen) atoms. The van der Waals surface area contributed by atoms with Gasteiger partial charge >= 0.3 is 5.97 Å². The van der Waals surface area contributed by atoms with Crippen molar-refractivity contribution < 1.29 is 14.3 Å². The monoisotopic (exact) mass is 256 g/mol. The van der Waals surface area contributed by atoms with E-state index in [1.54, 1.807) is 13.1 Å². The van der Waals surface area contributed by atoms with Crippen LogP contribution in [0, 0.1) is 0 Å². The smallest absolute Gasteiger partial charge is 0.339 e. The molecule has 1 aromatic rings. The molecule has 6 heteroatoms. The van der Waals surface area contributed by atoms with Crippen LogP contribution in [0.5, 0.6) is 0 Å². The lowest BCUT2D eigenvalue weighted by atomic mass is 10.2. The lowest BCUT2D eigenvalue weighted by Gasteiger charge is -2.07. The summed E-state index contributed by atoms with van der Waals surface area (Å²) in [5, 5.41) is 5.62. The van der Waals surface area contributed by atoms with Crippen LogP contribution in [-0.2, 0) is 9.53 Å². The topological polar surface area (TPSA) is 67.4 Å². The third kappa shape index (κ3) is 3.72.